The summed E-state index contributed by atoms with van der Waals surface area (Å²) in [6.07, 6.45) is 9.45. The Labute approximate surface area is 114 Å². The summed E-state index contributed by atoms with van der Waals surface area (Å²) in [5.41, 5.74) is 0. The van der Waals surface area contributed by atoms with Crippen LogP contribution in [0.2, 0.25) is 0 Å². The molecule has 108 valence electrons. The third kappa shape index (κ3) is 5.71. The van der Waals surface area contributed by atoms with Crippen LogP contribution in [-0.2, 0) is 4.74 Å². The normalized spacial score (nSPS) is 28.5. The highest BCUT2D eigenvalue weighted by Gasteiger charge is 2.28. The lowest BCUT2D eigenvalue weighted by molar-refractivity contribution is 0.125. The van der Waals surface area contributed by atoms with E-state index in [2.05, 4.69) is 26.1 Å². The maximum absolute atomic E-state index is 5.47. The molecule has 0 bridgehead atoms. The van der Waals surface area contributed by atoms with E-state index in [4.69, 9.17) is 4.74 Å². The van der Waals surface area contributed by atoms with Gasteiger partial charge in [-0.25, -0.2) is 0 Å². The van der Waals surface area contributed by atoms with Crippen LogP contribution in [0.4, 0.5) is 0 Å². The maximum Gasteiger partial charge on any atom is 0.0466 e. The molecule has 2 heteroatoms. The topological polar surface area (TPSA) is 21.3 Å². The SMILES string of the molecule is CCCNC1CCC(CC)CC1CCCOCC. The van der Waals surface area contributed by atoms with Gasteiger partial charge in [0.05, 0.1) is 0 Å². The Morgan fingerprint density at radius 2 is 2.00 bits per heavy atom. The van der Waals surface area contributed by atoms with Gasteiger partial charge in [-0.15, -0.1) is 0 Å². The van der Waals surface area contributed by atoms with Gasteiger partial charge in [0, 0.05) is 19.3 Å². The van der Waals surface area contributed by atoms with Gasteiger partial charge in [0.25, 0.3) is 0 Å². The summed E-state index contributed by atoms with van der Waals surface area (Å²) in [6, 6.07) is 0.773. The van der Waals surface area contributed by atoms with E-state index in [0.29, 0.717) is 0 Å². The van der Waals surface area contributed by atoms with E-state index < -0.39 is 0 Å². The molecule has 1 saturated carbocycles. The highest BCUT2D eigenvalue weighted by atomic mass is 16.5. The van der Waals surface area contributed by atoms with E-state index in [1.54, 1.807) is 0 Å². The lowest BCUT2D eigenvalue weighted by Gasteiger charge is -2.36. The lowest BCUT2D eigenvalue weighted by Crippen LogP contribution is -2.41. The molecule has 1 rings (SSSR count). The second kappa shape index (κ2) is 9.80. The highest BCUT2D eigenvalue weighted by molar-refractivity contribution is 4.84. The Bertz CT molecular complexity index is 196. The summed E-state index contributed by atoms with van der Waals surface area (Å²) < 4.78 is 5.47. The number of hydrogen-bond acceptors (Lipinski definition) is 2. The van der Waals surface area contributed by atoms with Crippen LogP contribution in [0.25, 0.3) is 0 Å². The van der Waals surface area contributed by atoms with Crippen LogP contribution in [0.5, 0.6) is 0 Å². The molecule has 0 amide bonds. The first-order valence-electron chi connectivity index (χ1n) is 8.12. The fourth-order valence-corrected chi connectivity index (χ4v) is 3.24. The molecule has 1 aliphatic rings. The Hall–Kier alpha value is -0.0800. The number of nitrogens with one attached hydrogen (secondary N) is 1. The molecule has 0 aliphatic heterocycles. The second-order valence-corrected chi connectivity index (χ2v) is 5.75. The maximum atomic E-state index is 5.47. The standard InChI is InChI=1S/C16H33NO/c1-4-11-17-16-10-9-14(5-2)13-15(16)8-7-12-18-6-3/h14-17H,4-13H2,1-3H3. The zero-order chi connectivity index (χ0) is 13.2. The third-order valence-electron chi connectivity index (χ3n) is 4.39. The molecule has 1 aliphatic carbocycles. The summed E-state index contributed by atoms with van der Waals surface area (Å²) in [4.78, 5) is 0. The average molecular weight is 255 g/mol. The molecular formula is C16H33NO. The van der Waals surface area contributed by atoms with Crippen molar-refractivity contribution >= 4 is 0 Å². The molecule has 0 spiro atoms. The largest absolute Gasteiger partial charge is 0.382 e. The van der Waals surface area contributed by atoms with Crippen LogP contribution >= 0.6 is 0 Å². The Morgan fingerprint density at radius 1 is 1.17 bits per heavy atom. The number of hydrogen-bond donors (Lipinski definition) is 1. The van der Waals surface area contributed by atoms with Crippen molar-refractivity contribution in [2.75, 3.05) is 19.8 Å². The van der Waals surface area contributed by atoms with E-state index in [1.807, 2.05) is 0 Å². The molecule has 1 fully saturated rings. The van der Waals surface area contributed by atoms with Crippen LogP contribution in [0.1, 0.15) is 65.7 Å². The Balaban J connectivity index is 2.33. The average Bonchev–Trinajstić information content (AvgIpc) is 2.42. The fraction of sp³-hybridized carbons (Fsp3) is 1.00. The molecule has 0 saturated heterocycles. The van der Waals surface area contributed by atoms with Gasteiger partial charge in [-0.05, 0) is 63.8 Å². The van der Waals surface area contributed by atoms with Gasteiger partial charge in [0.15, 0.2) is 0 Å². The van der Waals surface area contributed by atoms with Crippen molar-refractivity contribution in [3.63, 3.8) is 0 Å². The highest BCUT2D eigenvalue weighted by Crippen LogP contribution is 2.33. The zero-order valence-corrected chi connectivity index (χ0v) is 12.7. The first-order chi connectivity index (χ1) is 8.81. The van der Waals surface area contributed by atoms with Gasteiger partial charge in [0.1, 0.15) is 0 Å². The minimum atomic E-state index is 0.773. The summed E-state index contributed by atoms with van der Waals surface area (Å²) in [6.45, 7) is 9.68. The fourth-order valence-electron chi connectivity index (χ4n) is 3.24. The van der Waals surface area contributed by atoms with Gasteiger partial charge >= 0.3 is 0 Å². The van der Waals surface area contributed by atoms with Crippen LogP contribution in [0.3, 0.4) is 0 Å². The van der Waals surface area contributed by atoms with Gasteiger partial charge < -0.3 is 10.1 Å². The smallest absolute Gasteiger partial charge is 0.0466 e. The third-order valence-corrected chi connectivity index (χ3v) is 4.39. The van der Waals surface area contributed by atoms with Crippen LogP contribution in [-0.4, -0.2) is 25.8 Å². The summed E-state index contributed by atoms with van der Waals surface area (Å²) in [5.74, 6) is 1.86. The summed E-state index contributed by atoms with van der Waals surface area (Å²) >= 11 is 0. The van der Waals surface area contributed by atoms with Crippen molar-refractivity contribution in [3.05, 3.63) is 0 Å². The van der Waals surface area contributed by atoms with Crippen molar-refractivity contribution < 1.29 is 4.74 Å². The van der Waals surface area contributed by atoms with Gasteiger partial charge in [-0.1, -0.05) is 20.3 Å². The minimum Gasteiger partial charge on any atom is -0.382 e. The van der Waals surface area contributed by atoms with Crippen molar-refractivity contribution in [3.8, 4) is 0 Å². The van der Waals surface area contributed by atoms with E-state index in [-0.39, 0.29) is 0 Å². The van der Waals surface area contributed by atoms with Crippen molar-refractivity contribution in [2.45, 2.75) is 71.8 Å². The molecule has 0 radical (unpaired) electrons. The molecule has 3 atom stereocenters. The summed E-state index contributed by atoms with van der Waals surface area (Å²) in [7, 11) is 0. The molecule has 0 aromatic carbocycles. The van der Waals surface area contributed by atoms with E-state index >= 15 is 0 Å². The predicted molar refractivity (Wildman–Crippen MR) is 78.9 cm³/mol. The van der Waals surface area contributed by atoms with Gasteiger partial charge in [-0.3, -0.25) is 0 Å². The molecule has 18 heavy (non-hydrogen) atoms. The molecule has 0 aromatic heterocycles. The Morgan fingerprint density at radius 3 is 2.67 bits per heavy atom. The molecule has 1 N–H and O–H groups in total. The Kier molecular flexibility index (Phi) is 8.70. The monoisotopic (exact) mass is 255 g/mol. The first kappa shape index (κ1) is 16.0. The lowest BCUT2D eigenvalue weighted by atomic mass is 9.75. The van der Waals surface area contributed by atoms with Crippen LogP contribution in [0.15, 0.2) is 0 Å². The number of rotatable bonds is 9. The zero-order valence-electron chi connectivity index (χ0n) is 12.7. The molecule has 0 heterocycles. The quantitative estimate of drug-likeness (QED) is 0.629. The van der Waals surface area contributed by atoms with Crippen molar-refractivity contribution in [2.24, 2.45) is 11.8 Å². The number of ether oxygens (including phenoxy) is 1. The second-order valence-electron chi connectivity index (χ2n) is 5.75. The minimum absolute atomic E-state index is 0.773. The predicted octanol–water partition coefficient (Wildman–Crippen LogP) is 4.00. The molecule has 2 nitrogen and oxygen atoms in total. The van der Waals surface area contributed by atoms with Gasteiger partial charge in [0.2, 0.25) is 0 Å². The van der Waals surface area contributed by atoms with E-state index in [0.717, 1.165) is 31.1 Å². The van der Waals surface area contributed by atoms with E-state index in [1.165, 1.54) is 51.5 Å². The van der Waals surface area contributed by atoms with Gasteiger partial charge in [-0.2, -0.15) is 0 Å². The molecule has 3 unspecified atom stereocenters. The van der Waals surface area contributed by atoms with Crippen LogP contribution in [0, 0.1) is 11.8 Å². The van der Waals surface area contributed by atoms with Crippen molar-refractivity contribution in [1.82, 2.24) is 5.32 Å². The van der Waals surface area contributed by atoms with Crippen molar-refractivity contribution in [1.29, 1.82) is 0 Å². The van der Waals surface area contributed by atoms with Crippen LogP contribution < -0.4 is 5.32 Å². The summed E-state index contributed by atoms with van der Waals surface area (Å²) in [5, 5.41) is 3.77. The first-order valence-corrected chi connectivity index (χ1v) is 8.12. The van der Waals surface area contributed by atoms with E-state index in [9.17, 15) is 0 Å². The molecular weight excluding hydrogens is 222 g/mol. The molecule has 0 aromatic rings.